The highest BCUT2D eigenvalue weighted by atomic mass is 32.2. The van der Waals surface area contributed by atoms with E-state index in [-0.39, 0.29) is 11.5 Å². The van der Waals surface area contributed by atoms with Crippen molar-refractivity contribution in [3.05, 3.63) is 17.3 Å². The Morgan fingerprint density at radius 1 is 1.35 bits per heavy atom. The van der Waals surface area contributed by atoms with E-state index in [9.17, 15) is 13.2 Å². The van der Waals surface area contributed by atoms with Crippen molar-refractivity contribution in [3.63, 3.8) is 0 Å². The van der Waals surface area contributed by atoms with Crippen LogP contribution in [0.25, 0.3) is 0 Å². The molecule has 1 aromatic heterocycles. The molecule has 1 heterocycles. The van der Waals surface area contributed by atoms with Crippen LogP contribution in [0.5, 0.6) is 0 Å². The molecule has 1 saturated carbocycles. The number of nitrogens with zero attached hydrogens (tertiary/aromatic N) is 1. The average molecular weight is 300 g/mol. The van der Waals surface area contributed by atoms with E-state index in [4.69, 9.17) is 4.42 Å². The van der Waals surface area contributed by atoms with E-state index in [2.05, 4.69) is 9.71 Å². The zero-order valence-electron chi connectivity index (χ0n) is 11.8. The zero-order valence-corrected chi connectivity index (χ0v) is 12.6. The largest absolute Gasteiger partial charge is 0.436 e. The Kier molecular flexibility index (Phi) is 4.47. The number of hydrogen-bond acceptors (Lipinski definition) is 5. The maximum Gasteiger partial charge on any atom is 0.302 e. The summed E-state index contributed by atoms with van der Waals surface area (Å²) in [6.07, 6.45) is 5.13. The average Bonchev–Trinajstić information content (AvgIpc) is 2.95. The minimum absolute atomic E-state index is 0.0183. The summed E-state index contributed by atoms with van der Waals surface area (Å²) >= 11 is 0. The van der Waals surface area contributed by atoms with Gasteiger partial charge in [0, 0.05) is 6.92 Å². The molecule has 0 radical (unpaired) electrons. The summed E-state index contributed by atoms with van der Waals surface area (Å²) in [7, 11) is -3.61. The van der Waals surface area contributed by atoms with Gasteiger partial charge in [0.2, 0.25) is 15.8 Å². The number of oxazole rings is 1. The molecule has 0 saturated heterocycles. The fourth-order valence-corrected chi connectivity index (χ4v) is 3.72. The molecule has 1 N–H and O–H groups in total. The van der Waals surface area contributed by atoms with Gasteiger partial charge in [-0.25, -0.2) is 18.1 Å². The number of nitrogens with one attached hydrogen (secondary N) is 1. The second-order valence-corrected chi connectivity index (χ2v) is 7.18. The van der Waals surface area contributed by atoms with Crippen molar-refractivity contribution < 1.29 is 17.6 Å². The van der Waals surface area contributed by atoms with Crippen molar-refractivity contribution in [1.29, 1.82) is 0 Å². The number of carbonyl (C=O) groups is 1. The molecule has 0 spiro atoms. The lowest BCUT2D eigenvalue weighted by molar-refractivity contribution is 0.0952. The van der Waals surface area contributed by atoms with Gasteiger partial charge in [0.05, 0.1) is 11.4 Å². The molecule has 20 heavy (non-hydrogen) atoms. The molecule has 0 aromatic carbocycles. The van der Waals surface area contributed by atoms with Gasteiger partial charge in [-0.05, 0) is 19.3 Å². The number of carbonyl (C=O) groups excluding carboxylic acids is 1. The first kappa shape index (κ1) is 15.0. The number of hydrogen-bond donors (Lipinski definition) is 1. The third-order valence-electron chi connectivity index (χ3n) is 3.63. The SMILES string of the molecule is Cc1nc(C)c(C(=O)NS(=O)(=O)CCC2CCCC2)o1. The van der Waals surface area contributed by atoms with Crippen molar-refractivity contribution in [2.45, 2.75) is 46.0 Å². The van der Waals surface area contributed by atoms with Crippen molar-refractivity contribution >= 4 is 15.9 Å². The number of aryl methyl sites for hydroxylation is 2. The molecule has 1 aromatic rings. The smallest absolute Gasteiger partial charge is 0.302 e. The summed E-state index contributed by atoms with van der Waals surface area (Å²) in [5, 5.41) is 0. The third kappa shape index (κ3) is 3.82. The molecular formula is C13H20N2O4S. The van der Waals surface area contributed by atoms with E-state index < -0.39 is 15.9 Å². The van der Waals surface area contributed by atoms with Crippen molar-refractivity contribution in [2.24, 2.45) is 5.92 Å². The molecule has 2 rings (SSSR count). The van der Waals surface area contributed by atoms with Crippen molar-refractivity contribution in [3.8, 4) is 0 Å². The van der Waals surface area contributed by atoms with Gasteiger partial charge in [0.1, 0.15) is 0 Å². The Morgan fingerprint density at radius 3 is 2.55 bits per heavy atom. The lowest BCUT2D eigenvalue weighted by Crippen LogP contribution is -2.33. The number of sulfonamides is 1. The summed E-state index contributed by atoms with van der Waals surface area (Å²) < 4.78 is 31.0. The highest BCUT2D eigenvalue weighted by Gasteiger charge is 2.23. The minimum Gasteiger partial charge on any atom is -0.436 e. The van der Waals surface area contributed by atoms with Crippen molar-refractivity contribution in [2.75, 3.05) is 5.75 Å². The molecule has 0 bridgehead atoms. The molecule has 0 unspecified atom stereocenters. The van der Waals surface area contributed by atoms with Crippen LogP contribution in [0, 0.1) is 19.8 Å². The number of rotatable bonds is 5. The Morgan fingerprint density at radius 2 is 2.00 bits per heavy atom. The molecular weight excluding hydrogens is 280 g/mol. The van der Waals surface area contributed by atoms with Gasteiger partial charge >= 0.3 is 5.91 Å². The molecule has 0 aliphatic heterocycles. The van der Waals surface area contributed by atoms with Crippen LogP contribution in [0.3, 0.4) is 0 Å². The standard InChI is InChI=1S/C13H20N2O4S/c1-9-12(19-10(2)14-9)13(16)15-20(17,18)8-7-11-5-3-4-6-11/h11H,3-8H2,1-2H3,(H,15,16). The molecule has 0 atom stereocenters. The maximum atomic E-state index is 11.9. The fourth-order valence-electron chi connectivity index (χ4n) is 2.60. The van der Waals surface area contributed by atoms with Gasteiger partial charge in [-0.15, -0.1) is 0 Å². The van der Waals surface area contributed by atoms with Gasteiger partial charge in [-0.2, -0.15) is 0 Å². The van der Waals surface area contributed by atoms with Gasteiger partial charge in [-0.3, -0.25) is 4.79 Å². The Balaban J connectivity index is 1.93. The molecule has 6 nitrogen and oxygen atoms in total. The minimum atomic E-state index is -3.61. The second-order valence-electron chi connectivity index (χ2n) is 5.34. The van der Waals surface area contributed by atoms with E-state index >= 15 is 0 Å². The van der Waals surface area contributed by atoms with Crippen LogP contribution in [0.1, 0.15) is 54.2 Å². The molecule has 1 amide bonds. The number of amides is 1. The summed E-state index contributed by atoms with van der Waals surface area (Å²) in [5.41, 5.74) is 0.394. The van der Waals surface area contributed by atoms with Crippen LogP contribution >= 0.6 is 0 Å². The van der Waals surface area contributed by atoms with Crippen molar-refractivity contribution in [1.82, 2.24) is 9.71 Å². The highest BCUT2D eigenvalue weighted by molar-refractivity contribution is 7.90. The zero-order chi connectivity index (χ0) is 14.8. The lowest BCUT2D eigenvalue weighted by Gasteiger charge is -2.09. The molecule has 1 aliphatic rings. The monoisotopic (exact) mass is 300 g/mol. The Bertz CT molecular complexity index is 586. The predicted molar refractivity (Wildman–Crippen MR) is 73.8 cm³/mol. The lowest BCUT2D eigenvalue weighted by atomic mass is 10.1. The van der Waals surface area contributed by atoms with Crippen LogP contribution < -0.4 is 4.72 Å². The number of aromatic nitrogens is 1. The molecule has 7 heteroatoms. The summed E-state index contributed by atoms with van der Waals surface area (Å²) in [4.78, 5) is 15.8. The van der Waals surface area contributed by atoms with Crippen LogP contribution in [0.2, 0.25) is 0 Å². The summed E-state index contributed by atoms with van der Waals surface area (Å²) in [6, 6.07) is 0. The van der Waals surface area contributed by atoms with Gasteiger partial charge in [-0.1, -0.05) is 25.7 Å². The fraction of sp³-hybridized carbons (Fsp3) is 0.692. The van der Waals surface area contributed by atoms with Crippen LogP contribution in [0.4, 0.5) is 0 Å². The first-order valence-electron chi connectivity index (χ1n) is 6.86. The van der Waals surface area contributed by atoms with Crippen LogP contribution in [0.15, 0.2) is 4.42 Å². The Labute approximate surface area is 119 Å². The van der Waals surface area contributed by atoms with E-state index in [1.165, 1.54) is 12.8 Å². The van der Waals surface area contributed by atoms with E-state index in [1.807, 2.05) is 0 Å². The van der Waals surface area contributed by atoms with E-state index in [0.29, 0.717) is 23.9 Å². The summed E-state index contributed by atoms with van der Waals surface area (Å²) in [5.74, 6) is 0.0173. The normalized spacial score (nSPS) is 16.5. The predicted octanol–water partition coefficient (Wildman–Crippen LogP) is 1.93. The first-order chi connectivity index (χ1) is 9.37. The molecule has 1 aliphatic carbocycles. The maximum absolute atomic E-state index is 11.9. The third-order valence-corrected chi connectivity index (χ3v) is 4.90. The first-order valence-corrected chi connectivity index (χ1v) is 8.51. The quantitative estimate of drug-likeness (QED) is 0.897. The Hall–Kier alpha value is -1.37. The van der Waals surface area contributed by atoms with Gasteiger partial charge < -0.3 is 4.42 Å². The van der Waals surface area contributed by atoms with Crippen LogP contribution in [-0.4, -0.2) is 25.1 Å². The highest BCUT2D eigenvalue weighted by Crippen LogP contribution is 2.27. The second kappa shape index (κ2) is 5.95. The molecule has 1 fully saturated rings. The van der Waals surface area contributed by atoms with Crippen LogP contribution in [-0.2, 0) is 10.0 Å². The van der Waals surface area contributed by atoms with Gasteiger partial charge in [0.25, 0.3) is 0 Å². The van der Waals surface area contributed by atoms with E-state index in [0.717, 1.165) is 12.8 Å². The molecule has 112 valence electrons. The van der Waals surface area contributed by atoms with Gasteiger partial charge in [0.15, 0.2) is 5.89 Å². The topological polar surface area (TPSA) is 89.3 Å². The van der Waals surface area contributed by atoms with E-state index in [1.54, 1.807) is 13.8 Å². The summed E-state index contributed by atoms with van der Waals surface area (Å²) in [6.45, 7) is 3.22.